The first kappa shape index (κ1) is 19.6. The van der Waals surface area contributed by atoms with E-state index in [0.717, 1.165) is 5.56 Å². The Labute approximate surface area is 146 Å². The van der Waals surface area contributed by atoms with Crippen molar-refractivity contribution < 1.29 is 26.7 Å². The number of hydrogen-bond donors (Lipinski definition) is 1. The van der Waals surface area contributed by atoms with Crippen LogP contribution in [0.5, 0.6) is 5.75 Å². The summed E-state index contributed by atoms with van der Waals surface area (Å²) in [5.41, 5.74) is 0.886. The maximum absolute atomic E-state index is 12.1. The number of halogens is 2. The van der Waals surface area contributed by atoms with Gasteiger partial charge in [-0.25, -0.2) is 8.42 Å². The fourth-order valence-corrected chi connectivity index (χ4v) is 4.52. The van der Waals surface area contributed by atoms with Crippen LogP contribution in [0.4, 0.5) is 8.78 Å². The molecule has 1 atom stereocenters. The van der Waals surface area contributed by atoms with Crippen LogP contribution in [0, 0.1) is 0 Å². The second-order valence-corrected chi connectivity index (χ2v) is 8.32. The molecule has 1 heterocycles. The van der Waals surface area contributed by atoms with Crippen molar-refractivity contribution in [3.8, 4) is 5.75 Å². The number of hydrogen-bond acceptors (Lipinski definition) is 5. The van der Waals surface area contributed by atoms with Crippen molar-refractivity contribution in [1.29, 1.82) is 0 Å². The molecule has 1 N–H and O–H groups in total. The van der Waals surface area contributed by atoms with Gasteiger partial charge >= 0.3 is 6.61 Å². The van der Waals surface area contributed by atoms with Crippen LogP contribution < -0.4 is 10.1 Å². The van der Waals surface area contributed by atoms with Crippen LogP contribution in [0.15, 0.2) is 24.3 Å². The summed E-state index contributed by atoms with van der Waals surface area (Å²) in [7, 11) is -1.23. The topological polar surface area (TPSA) is 75.7 Å². The quantitative estimate of drug-likeness (QED) is 0.734. The van der Waals surface area contributed by atoms with E-state index in [1.54, 1.807) is 24.1 Å². The molecule has 0 radical (unpaired) electrons. The van der Waals surface area contributed by atoms with Crippen molar-refractivity contribution >= 4 is 15.7 Å². The molecule has 1 aliphatic rings. The number of likely N-dealkylation sites (N-methyl/N-ethyl adjacent to an activating group) is 1. The van der Waals surface area contributed by atoms with E-state index in [1.165, 1.54) is 12.1 Å². The average Bonchev–Trinajstić information content (AvgIpc) is 2.89. The van der Waals surface area contributed by atoms with Gasteiger partial charge in [0.25, 0.3) is 0 Å². The largest absolute Gasteiger partial charge is 0.435 e. The summed E-state index contributed by atoms with van der Waals surface area (Å²) in [6.45, 7) is -2.30. The molecule has 1 unspecified atom stereocenters. The second-order valence-electron chi connectivity index (χ2n) is 6.09. The van der Waals surface area contributed by atoms with Crippen LogP contribution in [0.3, 0.4) is 0 Å². The van der Waals surface area contributed by atoms with E-state index in [9.17, 15) is 22.0 Å². The summed E-state index contributed by atoms with van der Waals surface area (Å²) >= 11 is 0. The van der Waals surface area contributed by atoms with Gasteiger partial charge in [0.05, 0.1) is 18.1 Å². The smallest absolute Gasteiger partial charge is 0.387 e. The number of amides is 1. The summed E-state index contributed by atoms with van der Waals surface area (Å²) in [6.07, 6.45) is 1.11. The molecule has 2 rings (SSSR count). The highest BCUT2D eigenvalue weighted by atomic mass is 32.2. The van der Waals surface area contributed by atoms with E-state index in [2.05, 4.69) is 10.1 Å². The van der Waals surface area contributed by atoms with E-state index in [0.29, 0.717) is 19.4 Å². The van der Waals surface area contributed by atoms with Crippen LogP contribution in [-0.2, 0) is 21.1 Å². The first-order valence-corrected chi connectivity index (χ1v) is 9.78. The van der Waals surface area contributed by atoms with Crippen LogP contribution >= 0.6 is 0 Å². The highest BCUT2D eigenvalue weighted by Crippen LogP contribution is 2.16. The SMILES string of the molecule is CN(CC(=O)NCCc1ccc(OC(F)F)cc1)C1CCS(=O)(=O)C1. The molecule has 0 aromatic heterocycles. The number of nitrogens with zero attached hydrogens (tertiary/aromatic N) is 1. The maximum Gasteiger partial charge on any atom is 0.387 e. The van der Waals surface area contributed by atoms with Gasteiger partial charge in [0.15, 0.2) is 9.84 Å². The van der Waals surface area contributed by atoms with E-state index in [-0.39, 0.29) is 35.7 Å². The Morgan fingerprint density at radius 3 is 2.60 bits per heavy atom. The molecule has 1 fully saturated rings. The van der Waals surface area contributed by atoms with Crippen LogP contribution in [0.25, 0.3) is 0 Å². The fraction of sp³-hybridized carbons (Fsp3) is 0.562. The molecule has 9 heteroatoms. The Kier molecular flexibility index (Phi) is 6.71. The van der Waals surface area contributed by atoms with Gasteiger partial charge in [0, 0.05) is 12.6 Å². The molecule has 140 valence electrons. The monoisotopic (exact) mass is 376 g/mol. The Hall–Kier alpha value is -1.74. The fourth-order valence-electron chi connectivity index (χ4n) is 2.72. The lowest BCUT2D eigenvalue weighted by Gasteiger charge is -2.22. The zero-order valence-corrected chi connectivity index (χ0v) is 14.8. The van der Waals surface area contributed by atoms with Crippen LogP contribution in [-0.4, -0.2) is 63.5 Å². The molecule has 6 nitrogen and oxygen atoms in total. The lowest BCUT2D eigenvalue weighted by atomic mass is 10.1. The summed E-state index contributed by atoms with van der Waals surface area (Å²) < 4.78 is 51.3. The lowest BCUT2D eigenvalue weighted by molar-refractivity contribution is -0.122. The van der Waals surface area contributed by atoms with Gasteiger partial charge in [0.1, 0.15) is 5.75 Å². The molecule has 0 saturated carbocycles. The summed E-state index contributed by atoms with van der Waals surface area (Å²) in [5.74, 6) is 0.194. The van der Waals surface area contributed by atoms with Gasteiger partial charge in [-0.1, -0.05) is 12.1 Å². The van der Waals surface area contributed by atoms with E-state index < -0.39 is 16.4 Å². The lowest BCUT2D eigenvalue weighted by Crippen LogP contribution is -2.41. The molecular weight excluding hydrogens is 354 g/mol. The van der Waals surface area contributed by atoms with Crippen molar-refractivity contribution in [2.45, 2.75) is 25.5 Å². The third kappa shape index (κ3) is 6.58. The molecule has 0 spiro atoms. The van der Waals surface area contributed by atoms with Crippen molar-refractivity contribution in [2.75, 3.05) is 31.6 Å². The number of nitrogens with one attached hydrogen (secondary N) is 1. The van der Waals surface area contributed by atoms with Gasteiger partial charge < -0.3 is 10.1 Å². The van der Waals surface area contributed by atoms with Gasteiger partial charge in [-0.15, -0.1) is 0 Å². The van der Waals surface area contributed by atoms with Crippen LogP contribution in [0.2, 0.25) is 0 Å². The molecule has 1 aromatic rings. The molecule has 0 aliphatic carbocycles. The average molecular weight is 376 g/mol. The van der Waals surface area contributed by atoms with Gasteiger partial charge in [-0.05, 0) is 37.6 Å². The number of carbonyl (C=O) groups excluding carboxylic acids is 1. The normalized spacial score (nSPS) is 19.3. The number of carbonyl (C=O) groups is 1. The first-order chi connectivity index (χ1) is 11.7. The molecule has 1 amide bonds. The predicted octanol–water partition coefficient (Wildman–Crippen LogP) is 1.07. The van der Waals surface area contributed by atoms with Gasteiger partial charge in [0.2, 0.25) is 5.91 Å². The highest BCUT2D eigenvalue weighted by Gasteiger charge is 2.31. The number of rotatable bonds is 8. The minimum atomic E-state index is -2.97. The zero-order chi connectivity index (χ0) is 18.4. The van der Waals surface area contributed by atoms with E-state index in [1.807, 2.05) is 0 Å². The molecule has 0 bridgehead atoms. The maximum atomic E-state index is 12.1. The van der Waals surface area contributed by atoms with Crippen LogP contribution in [0.1, 0.15) is 12.0 Å². The van der Waals surface area contributed by atoms with E-state index in [4.69, 9.17) is 0 Å². The summed E-state index contributed by atoms with van der Waals surface area (Å²) in [6, 6.07) is 6.13. The summed E-state index contributed by atoms with van der Waals surface area (Å²) in [4.78, 5) is 13.7. The Morgan fingerprint density at radius 2 is 2.04 bits per heavy atom. The van der Waals surface area contributed by atoms with Crippen molar-refractivity contribution in [3.05, 3.63) is 29.8 Å². The van der Waals surface area contributed by atoms with Crippen molar-refractivity contribution in [2.24, 2.45) is 0 Å². The molecule has 25 heavy (non-hydrogen) atoms. The third-order valence-electron chi connectivity index (χ3n) is 4.11. The number of alkyl halides is 2. The van der Waals surface area contributed by atoms with Gasteiger partial charge in [-0.3, -0.25) is 9.69 Å². The standard InChI is InChI=1S/C16H22F2N2O4S/c1-20(13-7-9-25(22,23)11-13)10-15(21)19-8-6-12-2-4-14(5-3-12)24-16(17)18/h2-5,13,16H,6-11H2,1H3,(H,19,21). The number of benzene rings is 1. The second kappa shape index (κ2) is 8.57. The Morgan fingerprint density at radius 1 is 1.36 bits per heavy atom. The Bertz CT molecular complexity index is 680. The molecule has 1 aliphatic heterocycles. The highest BCUT2D eigenvalue weighted by molar-refractivity contribution is 7.91. The van der Waals surface area contributed by atoms with Gasteiger partial charge in [-0.2, -0.15) is 8.78 Å². The molecule has 1 aromatic carbocycles. The molecule has 1 saturated heterocycles. The van der Waals surface area contributed by atoms with E-state index >= 15 is 0 Å². The third-order valence-corrected chi connectivity index (χ3v) is 5.86. The van der Waals surface area contributed by atoms with Crippen molar-refractivity contribution in [3.63, 3.8) is 0 Å². The first-order valence-electron chi connectivity index (χ1n) is 7.96. The summed E-state index contributed by atoms with van der Waals surface area (Å²) in [5, 5.41) is 2.77. The number of ether oxygens (including phenoxy) is 1. The minimum Gasteiger partial charge on any atom is -0.435 e. The Balaban J connectivity index is 1.70. The van der Waals surface area contributed by atoms with Crippen molar-refractivity contribution in [1.82, 2.24) is 10.2 Å². The zero-order valence-electron chi connectivity index (χ0n) is 14.0. The minimum absolute atomic E-state index is 0.0935. The number of sulfone groups is 1. The predicted molar refractivity (Wildman–Crippen MR) is 89.5 cm³/mol. The molecular formula is C16H22F2N2O4S.